The van der Waals surface area contributed by atoms with Gasteiger partial charge in [0.15, 0.2) is 0 Å². The normalized spacial score (nSPS) is 12.4. The minimum Gasteiger partial charge on any atom is -0.306 e. The van der Waals surface area contributed by atoms with Crippen LogP contribution in [0.2, 0.25) is 0 Å². The highest BCUT2D eigenvalue weighted by Crippen LogP contribution is 2.18. The fourth-order valence-electron chi connectivity index (χ4n) is 1.42. The van der Waals surface area contributed by atoms with Crippen LogP contribution in [0.4, 0.5) is 0 Å². The molecule has 0 radical (unpaired) electrons. The Morgan fingerprint density at radius 3 is 2.53 bits per heavy atom. The van der Waals surface area contributed by atoms with Gasteiger partial charge in [0.05, 0.1) is 23.0 Å². The number of hydrogen-bond acceptors (Lipinski definition) is 4. The lowest BCUT2D eigenvalue weighted by atomic mass is 10.3. The second-order valence-electron chi connectivity index (χ2n) is 3.38. The molecular formula is C9H11N3O4S. The van der Waals surface area contributed by atoms with E-state index >= 15 is 0 Å². The topological polar surface area (TPSA) is 95.3 Å². The van der Waals surface area contributed by atoms with Gasteiger partial charge in [0.1, 0.15) is 0 Å². The third-order valence-electron chi connectivity index (χ3n) is 2.38. The number of rotatable bonds is 3. The highest BCUT2D eigenvalue weighted by Gasteiger charge is 2.21. The number of sulfonamides is 1. The molecule has 0 aliphatic rings. The molecule has 0 unspecified atom stereocenters. The molecule has 2 aromatic rings. The highest BCUT2D eigenvalue weighted by molar-refractivity contribution is 7.89. The van der Waals surface area contributed by atoms with E-state index in [2.05, 4.69) is 14.8 Å². The van der Waals surface area contributed by atoms with Crippen molar-refractivity contribution in [1.29, 1.82) is 0 Å². The summed E-state index contributed by atoms with van der Waals surface area (Å²) >= 11 is 0. The maximum Gasteiger partial charge on any atom is 0.323 e. The number of aromatic amines is 2. The molecule has 7 nitrogen and oxygen atoms in total. The van der Waals surface area contributed by atoms with E-state index < -0.39 is 10.0 Å². The molecule has 1 aromatic carbocycles. The van der Waals surface area contributed by atoms with Crippen molar-refractivity contribution in [3.63, 3.8) is 0 Å². The van der Waals surface area contributed by atoms with E-state index in [9.17, 15) is 13.2 Å². The van der Waals surface area contributed by atoms with Gasteiger partial charge in [-0.3, -0.25) is 4.84 Å². The van der Waals surface area contributed by atoms with Crippen molar-refractivity contribution < 1.29 is 13.3 Å². The summed E-state index contributed by atoms with van der Waals surface area (Å²) in [5.41, 5.74) is 0.601. The Labute approximate surface area is 97.0 Å². The van der Waals surface area contributed by atoms with Gasteiger partial charge in [-0.1, -0.05) is 4.47 Å². The summed E-state index contributed by atoms with van der Waals surface area (Å²) in [4.78, 5) is 20.8. The van der Waals surface area contributed by atoms with Gasteiger partial charge in [-0.2, -0.15) is 0 Å². The molecule has 0 atom stereocenters. The average molecular weight is 257 g/mol. The molecule has 0 amide bonds. The molecule has 2 rings (SSSR count). The summed E-state index contributed by atoms with van der Waals surface area (Å²) in [5, 5.41) is 0. The largest absolute Gasteiger partial charge is 0.323 e. The first-order chi connectivity index (χ1) is 7.95. The highest BCUT2D eigenvalue weighted by atomic mass is 32.2. The van der Waals surface area contributed by atoms with E-state index in [1.54, 1.807) is 0 Å². The molecule has 92 valence electrons. The average Bonchev–Trinajstić information content (AvgIpc) is 2.66. The Balaban J connectivity index is 2.60. The molecule has 0 fully saturated rings. The van der Waals surface area contributed by atoms with Crippen molar-refractivity contribution in [2.45, 2.75) is 4.90 Å². The van der Waals surface area contributed by atoms with Crippen LogP contribution in [0.1, 0.15) is 0 Å². The molecule has 8 heteroatoms. The van der Waals surface area contributed by atoms with Crippen LogP contribution in [0, 0.1) is 0 Å². The molecule has 0 saturated carbocycles. The van der Waals surface area contributed by atoms with E-state index in [0.717, 1.165) is 4.47 Å². The van der Waals surface area contributed by atoms with E-state index in [-0.39, 0.29) is 10.6 Å². The molecule has 1 aromatic heterocycles. The standard InChI is InChI=1S/C9H11N3O4S/c1-12(16-2)17(14,15)6-3-4-7-8(5-6)11-9(13)10-7/h3-5H,1-2H3,(H2,10,11,13). The van der Waals surface area contributed by atoms with Crippen molar-refractivity contribution in [2.24, 2.45) is 0 Å². The van der Waals surface area contributed by atoms with Crippen LogP contribution in [0.25, 0.3) is 11.0 Å². The number of fused-ring (bicyclic) bond motifs is 1. The minimum atomic E-state index is -3.70. The number of benzene rings is 1. The van der Waals surface area contributed by atoms with Crippen molar-refractivity contribution in [2.75, 3.05) is 14.2 Å². The molecule has 1 heterocycles. The monoisotopic (exact) mass is 257 g/mol. The van der Waals surface area contributed by atoms with Gasteiger partial charge in [-0.15, -0.1) is 0 Å². The predicted molar refractivity (Wildman–Crippen MR) is 60.9 cm³/mol. The quantitative estimate of drug-likeness (QED) is 0.759. The molecule has 0 aliphatic carbocycles. The summed E-state index contributed by atoms with van der Waals surface area (Å²) in [6, 6.07) is 4.29. The van der Waals surface area contributed by atoms with Gasteiger partial charge >= 0.3 is 5.69 Å². The molecule has 0 aliphatic heterocycles. The zero-order valence-corrected chi connectivity index (χ0v) is 10.0. The van der Waals surface area contributed by atoms with Gasteiger partial charge in [-0.05, 0) is 18.2 Å². The van der Waals surface area contributed by atoms with Gasteiger partial charge in [0.25, 0.3) is 10.0 Å². The summed E-state index contributed by atoms with van der Waals surface area (Å²) in [6.07, 6.45) is 0. The molecule has 0 spiro atoms. The maximum absolute atomic E-state index is 11.9. The maximum atomic E-state index is 11.9. The molecule has 0 saturated heterocycles. The second kappa shape index (κ2) is 3.99. The fraction of sp³-hybridized carbons (Fsp3) is 0.222. The summed E-state index contributed by atoms with van der Waals surface area (Å²) in [5.74, 6) is 0. The van der Waals surface area contributed by atoms with Crippen LogP contribution in [0.15, 0.2) is 27.9 Å². The summed E-state index contributed by atoms with van der Waals surface area (Å²) in [7, 11) is -1.15. The van der Waals surface area contributed by atoms with Crippen molar-refractivity contribution in [1.82, 2.24) is 14.4 Å². The van der Waals surface area contributed by atoms with Crippen LogP contribution < -0.4 is 5.69 Å². The number of hydroxylamine groups is 1. The molecular weight excluding hydrogens is 246 g/mol. The van der Waals surface area contributed by atoms with Gasteiger partial charge in [0.2, 0.25) is 0 Å². The predicted octanol–water partition coefficient (Wildman–Crippen LogP) is 0.0381. The van der Waals surface area contributed by atoms with Gasteiger partial charge in [0, 0.05) is 7.05 Å². The Morgan fingerprint density at radius 1 is 1.24 bits per heavy atom. The van der Waals surface area contributed by atoms with Crippen molar-refractivity contribution >= 4 is 21.1 Å². The van der Waals surface area contributed by atoms with E-state index in [1.807, 2.05) is 0 Å². The van der Waals surface area contributed by atoms with Crippen LogP contribution in [0.3, 0.4) is 0 Å². The summed E-state index contributed by atoms with van der Waals surface area (Å²) < 4.78 is 24.6. The third-order valence-corrected chi connectivity index (χ3v) is 4.06. The minimum absolute atomic E-state index is 0.0459. The molecule has 2 N–H and O–H groups in total. The Kier molecular flexibility index (Phi) is 2.77. The number of hydrogen-bond donors (Lipinski definition) is 2. The van der Waals surface area contributed by atoms with Crippen LogP contribution >= 0.6 is 0 Å². The zero-order valence-electron chi connectivity index (χ0n) is 9.22. The lowest BCUT2D eigenvalue weighted by Gasteiger charge is -2.13. The lowest BCUT2D eigenvalue weighted by Crippen LogP contribution is -2.25. The molecule has 17 heavy (non-hydrogen) atoms. The van der Waals surface area contributed by atoms with E-state index in [1.165, 1.54) is 32.4 Å². The number of aromatic nitrogens is 2. The lowest BCUT2D eigenvalue weighted by molar-refractivity contribution is -0.0258. The number of nitrogens with one attached hydrogen (secondary N) is 2. The van der Waals surface area contributed by atoms with Gasteiger partial charge < -0.3 is 9.97 Å². The van der Waals surface area contributed by atoms with Crippen molar-refractivity contribution in [3.8, 4) is 0 Å². The zero-order chi connectivity index (χ0) is 12.6. The first-order valence-corrected chi connectivity index (χ1v) is 6.14. The first-order valence-electron chi connectivity index (χ1n) is 4.70. The molecule has 0 bridgehead atoms. The van der Waals surface area contributed by atoms with Crippen molar-refractivity contribution in [3.05, 3.63) is 28.7 Å². The smallest absolute Gasteiger partial charge is 0.306 e. The Morgan fingerprint density at radius 2 is 1.88 bits per heavy atom. The Bertz CT molecular complexity index is 700. The fourth-order valence-corrected chi connectivity index (χ4v) is 2.42. The third kappa shape index (κ3) is 1.97. The summed E-state index contributed by atoms with van der Waals surface area (Å²) in [6.45, 7) is 0. The SMILES string of the molecule is CON(C)S(=O)(=O)c1ccc2[nH]c(=O)[nH]c2c1. The number of H-pyrrole nitrogens is 2. The van der Waals surface area contributed by atoms with Crippen LogP contribution in [-0.2, 0) is 14.9 Å². The Hall–Kier alpha value is -1.64. The van der Waals surface area contributed by atoms with E-state index in [0.29, 0.717) is 11.0 Å². The van der Waals surface area contributed by atoms with Gasteiger partial charge in [-0.25, -0.2) is 13.2 Å². The van der Waals surface area contributed by atoms with Crippen LogP contribution in [-0.4, -0.2) is 37.0 Å². The van der Waals surface area contributed by atoms with E-state index in [4.69, 9.17) is 0 Å². The number of imidazole rings is 1. The number of nitrogens with zero attached hydrogens (tertiary/aromatic N) is 1. The van der Waals surface area contributed by atoms with Crippen LogP contribution in [0.5, 0.6) is 0 Å². The second-order valence-corrected chi connectivity index (χ2v) is 5.32. The first kappa shape index (κ1) is 11.8.